The maximum atomic E-state index is 13.8. The molecule has 0 fully saturated rings. The van der Waals surface area contributed by atoms with Crippen LogP contribution in [0.1, 0.15) is 10.4 Å². The van der Waals surface area contributed by atoms with Gasteiger partial charge in [0.1, 0.15) is 17.4 Å². The lowest BCUT2D eigenvalue weighted by Gasteiger charge is -2.08. The summed E-state index contributed by atoms with van der Waals surface area (Å²) in [6.45, 7) is 0. The first-order chi connectivity index (χ1) is 12.0. The van der Waals surface area contributed by atoms with Crippen LogP contribution in [-0.2, 0) is 0 Å². The molecule has 0 aliphatic carbocycles. The molecule has 1 N–H and O–H groups in total. The number of carbonyl (C=O) groups excluding carboxylic acids is 1. The van der Waals surface area contributed by atoms with Gasteiger partial charge in [-0.25, -0.2) is 13.8 Å². The van der Waals surface area contributed by atoms with E-state index in [9.17, 15) is 13.6 Å². The molecule has 8 heteroatoms. The Labute approximate surface area is 151 Å². The molecule has 0 unspecified atom stereocenters. The van der Waals surface area contributed by atoms with E-state index in [-0.39, 0.29) is 16.3 Å². The number of nitrogens with one attached hydrogen (secondary N) is 1. The molecule has 4 nitrogen and oxygen atoms in total. The molecule has 3 rings (SSSR count). The van der Waals surface area contributed by atoms with Gasteiger partial charge in [-0.05, 0) is 30.3 Å². The number of carbonyl (C=O) groups is 1. The van der Waals surface area contributed by atoms with E-state index in [4.69, 9.17) is 16.3 Å². The summed E-state index contributed by atoms with van der Waals surface area (Å²) in [5, 5.41) is 4.84. The number of rotatable bonds is 4. The molecule has 3 aromatic rings. The third-order valence-electron chi connectivity index (χ3n) is 3.34. The molecule has 0 saturated heterocycles. The summed E-state index contributed by atoms with van der Waals surface area (Å²) in [4.78, 5) is 16.6. The van der Waals surface area contributed by atoms with Gasteiger partial charge in [-0.2, -0.15) is 0 Å². The lowest BCUT2D eigenvalue weighted by atomic mass is 10.1. The van der Waals surface area contributed by atoms with Gasteiger partial charge in [-0.15, -0.1) is 11.3 Å². The molecule has 0 spiro atoms. The van der Waals surface area contributed by atoms with Crippen molar-refractivity contribution in [1.82, 2.24) is 4.98 Å². The van der Waals surface area contributed by atoms with Crippen molar-refractivity contribution in [3.63, 3.8) is 0 Å². The fourth-order valence-corrected chi connectivity index (χ4v) is 3.05. The van der Waals surface area contributed by atoms with Gasteiger partial charge in [-0.1, -0.05) is 11.6 Å². The van der Waals surface area contributed by atoms with E-state index in [1.807, 2.05) is 0 Å². The van der Waals surface area contributed by atoms with Gasteiger partial charge in [-0.3, -0.25) is 10.1 Å². The topological polar surface area (TPSA) is 51.2 Å². The molecule has 1 heterocycles. The zero-order valence-corrected chi connectivity index (χ0v) is 14.4. The highest BCUT2D eigenvalue weighted by molar-refractivity contribution is 7.14. The fraction of sp³-hybridized carbons (Fsp3) is 0.0588. The van der Waals surface area contributed by atoms with E-state index in [2.05, 4.69) is 10.3 Å². The minimum atomic E-state index is -0.723. The van der Waals surface area contributed by atoms with Crippen molar-refractivity contribution in [3.05, 3.63) is 64.0 Å². The van der Waals surface area contributed by atoms with E-state index in [1.54, 1.807) is 17.5 Å². The van der Waals surface area contributed by atoms with Crippen LogP contribution in [0.4, 0.5) is 13.9 Å². The predicted molar refractivity (Wildman–Crippen MR) is 93.4 cm³/mol. The summed E-state index contributed by atoms with van der Waals surface area (Å²) < 4.78 is 32.0. The van der Waals surface area contributed by atoms with Gasteiger partial charge in [0, 0.05) is 22.0 Å². The standard InChI is InChI=1S/C17H11ClF2N2O2S/c1-24-15-5-2-9(18)6-12(15)16(23)22-17-21-14(8-25-17)11-4-3-10(19)7-13(11)20/h2-8H,1H3,(H,21,22,23). The van der Waals surface area contributed by atoms with Gasteiger partial charge < -0.3 is 4.74 Å². The Kier molecular flexibility index (Phi) is 4.96. The van der Waals surface area contributed by atoms with Crippen LogP contribution in [0.3, 0.4) is 0 Å². The van der Waals surface area contributed by atoms with E-state index >= 15 is 0 Å². The zero-order chi connectivity index (χ0) is 18.0. The second-order valence-electron chi connectivity index (χ2n) is 4.96. The van der Waals surface area contributed by atoms with Gasteiger partial charge >= 0.3 is 0 Å². The van der Waals surface area contributed by atoms with E-state index in [0.717, 1.165) is 23.5 Å². The van der Waals surface area contributed by atoms with Crippen LogP contribution in [0, 0.1) is 11.6 Å². The quantitative estimate of drug-likeness (QED) is 0.692. The third-order valence-corrected chi connectivity index (χ3v) is 4.33. The second-order valence-corrected chi connectivity index (χ2v) is 6.26. The summed E-state index contributed by atoms with van der Waals surface area (Å²) in [7, 11) is 1.44. The summed E-state index contributed by atoms with van der Waals surface area (Å²) >= 11 is 7.03. The number of amides is 1. The average Bonchev–Trinajstić information content (AvgIpc) is 3.02. The SMILES string of the molecule is COc1ccc(Cl)cc1C(=O)Nc1nc(-c2ccc(F)cc2F)cs1. The molecule has 128 valence electrons. The highest BCUT2D eigenvalue weighted by atomic mass is 35.5. The van der Waals surface area contributed by atoms with Gasteiger partial charge in [0.15, 0.2) is 5.13 Å². The first kappa shape index (κ1) is 17.3. The van der Waals surface area contributed by atoms with E-state index < -0.39 is 17.5 Å². The highest BCUT2D eigenvalue weighted by Gasteiger charge is 2.16. The summed E-state index contributed by atoms with van der Waals surface area (Å²) in [5.74, 6) is -1.49. The monoisotopic (exact) mass is 380 g/mol. The highest BCUT2D eigenvalue weighted by Crippen LogP contribution is 2.29. The van der Waals surface area contributed by atoms with Crippen LogP contribution < -0.4 is 10.1 Å². The zero-order valence-electron chi connectivity index (χ0n) is 12.8. The predicted octanol–water partition coefficient (Wildman–Crippen LogP) is 5.00. The number of benzene rings is 2. The molecular formula is C17H11ClF2N2O2S. The minimum absolute atomic E-state index is 0.151. The summed E-state index contributed by atoms with van der Waals surface area (Å²) in [6, 6.07) is 7.89. The minimum Gasteiger partial charge on any atom is -0.496 e. The average molecular weight is 381 g/mol. The molecule has 0 radical (unpaired) electrons. The molecule has 0 atom stereocenters. The number of nitrogens with zero attached hydrogens (tertiary/aromatic N) is 1. The molecule has 0 aliphatic rings. The van der Waals surface area contributed by atoms with Crippen molar-refractivity contribution >= 4 is 34.0 Å². The molecule has 2 aromatic carbocycles. The Morgan fingerprint density at radius 3 is 2.76 bits per heavy atom. The second kappa shape index (κ2) is 7.16. The number of hydrogen-bond donors (Lipinski definition) is 1. The number of hydrogen-bond acceptors (Lipinski definition) is 4. The Morgan fingerprint density at radius 2 is 2.04 bits per heavy atom. The molecule has 0 saturated carbocycles. The maximum absolute atomic E-state index is 13.8. The van der Waals surface area contributed by atoms with Crippen molar-refractivity contribution < 1.29 is 18.3 Å². The van der Waals surface area contributed by atoms with Crippen molar-refractivity contribution in [3.8, 4) is 17.0 Å². The van der Waals surface area contributed by atoms with E-state index in [0.29, 0.717) is 16.5 Å². The number of halogens is 3. The number of anilines is 1. The molecule has 1 amide bonds. The lowest BCUT2D eigenvalue weighted by Crippen LogP contribution is -2.13. The van der Waals surface area contributed by atoms with Crippen molar-refractivity contribution in [1.29, 1.82) is 0 Å². The van der Waals surface area contributed by atoms with Gasteiger partial charge in [0.2, 0.25) is 0 Å². The molecule has 1 aromatic heterocycles. The van der Waals surface area contributed by atoms with Crippen molar-refractivity contribution in [2.24, 2.45) is 0 Å². The van der Waals surface area contributed by atoms with Gasteiger partial charge in [0.25, 0.3) is 5.91 Å². The summed E-state index contributed by atoms with van der Waals surface area (Å²) in [6.07, 6.45) is 0. The summed E-state index contributed by atoms with van der Waals surface area (Å²) in [5.41, 5.74) is 0.703. The Morgan fingerprint density at radius 1 is 1.24 bits per heavy atom. The smallest absolute Gasteiger partial charge is 0.261 e. The number of methoxy groups -OCH3 is 1. The number of ether oxygens (including phenoxy) is 1. The first-order valence-corrected chi connectivity index (χ1v) is 8.29. The van der Waals surface area contributed by atoms with Crippen LogP contribution in [0.2, 0.25) is 5.02 Å². The van der Waals surface area contributed by atoms with E-state index in [1.165, 1.54) is 19.2 Å². The Balaban J connectivity index is 1.84. The van der Waals surface area contributed by atoms with Crippen LogP contribution in [-0.4, -0.2) is 18.0 Å². The third kappa shape index (κ3) is 3.78. The van der Waals surface area contributed by atoms with Crippen LogP contribution in [0.15, 0.2) is 41.8 Å². The molecule has 25 heavy (non-hydrogen) atoms. The largest absolute Gasteiger partial charge is 0.496 e. The maximum Gasteiger partial charge on any atom is 0.261 e. The Bertz CT molecular complexity index is 946. The molecule has 0 bridgehead atoms. The first-order valence-electron chi connectivity index (χ1n) is 7.04. The molecular weight excluding hydrogens is 370 g/mol. The normalized spacial score (nSPS) is 10.6. The van der Waals surface area contributed by atoms with Crippen LogP contribution >= 0.6 is 22.9 Å². The Hall–Kier alpha value is -2.51. The fourth-order valence-electron chi connectivity index (χ4n) is 2.17. The molecule has 0 aliphatic heterocycles. The number of aromatic nitrogens is 1. The van der Waals surface area contributed by atoms with Crippen LogP contribution in [0.5, 0.6) is 5.75 Å². The lowest BCUT2D eigenvalue weighted by molar-refractivity contribution is 0.102. The number of thiazole rings is 1. The van der Waals surface area contributed by atoms with Crippen molar-refractivity contribution in [2.45, 2.75) is 0 Å². The van der Waals surface area contributed by atoms with Crippen molar-refractivity contribution in [2.75, 3.05) is 12.4 Å². The van der Waals surface area contributed by atoms with Gasteiger partial charge in [0.05, 0.1) is 18.4 Å². The van der Waals surface area contributed by atoms with Crippen LogP contribution in [0.25, 0.3) is 11.3 Å².